The van der Waals surface area contributed by atoms with Crippen molar-refractivity contribution in [1.82, 2.24) is 9.38 Å². The maximum Gasteiger partial charge on any atom is 0.275 e. The molecule has 2 heterocycles. The molecule has 0 saturated heterocycles. The molecule has 0 fully saturated rings. The van der Waals surface area contributed by atoms with Crippen LogP contribution in [-0.4, -0.2) is 15.3 Å². The summed E-state index contributed by atoms with van der Waals surface area (Å²) in [5, 5.41) is 3.64. The number of pyridine rings is 1. The van der Waals surface area contributed by atoms with E-state index >= 15 is 0 Å². The van der Waals surface area contributed by atoms with Crippen molar-refractivity contribution >= 4 is 40.4 Å². The molecule has 4 nitrogen and oxygen atoms in total. The number of amides is 1. The van der Waals surface area contributed by atoms with Gasteiger partial charge in [-0.3, -0.25) is 4.79 Å². The number of hydrogen-bond donors (Lipinski definition) is 1. The van der Waals surface area contributed by atoms with Gasteiger partial charge in [0.25, 0.3) is 5.91 Å². The zero-order valence-corrected chi connectivity index (χ0v) is 12.6. The van der Waals surface area contributed by atoms with E-state index in [0.29, 0.717) is 21.4 Å². The first kappa shape index (κ1) is 13.9. The van der Waals surface area contributed by atoms with Crippen LogP contribution in [0.5, 0.6) is 0 Å². The molecule has 106 valence electrons. The molecular weight excluding hydrogens is 309 g/mol. The third kappa shape index (κ3) is 2.86. The zero-order valence-electron chi connectivity index (χ0n) is 11.1. The molecule has 0 aliphatic rings. The average Bonchev–Trinajstić information content (AvgIpc) is 2.86. The summed E-state index contributed by atoms with van der Waals surface area (Å²) in [6.45, 7) is 1.97. The number of rotatable bonds is 2. The Balaban J connectivity index is 1.91. The Morgan fingerprint density at radius 3 is 2.86 bits per heavy atom. The number of carbonyl (C=O) groups is 1. The fraction of sp³-hybridized carbons (Fsp3) is 0.0667. The summed E-state index contributed by atoms with van der Waals surface area (Å²) >= 11 is 11.9. The molecule has 3 rings (SSSR count). The van der Waals surface area contributed by atoms with Crippen LogP contribution in [0, 0.1) is 6.92 Å². The van der Waals surface area contributed by atoms with Crippen molar-refractivity contribution in [3.05, 3.63) is 64.0 Å². The number of carbonyl (C=O) groups excluding carboxylic acids is 1. The largest absolute Gasteiger partial charge is 0.319 e. The van der Waals surface area contributed by atoms with Gasteiger partial charge in [0.1, 0.15) is 11.3 Å². The van der Waals surface area contributed by atoms with Crippen molar-refractivity contribution in [2.24, 2.45) is 0 Å². The minimum Gasteiger partial charge on any atom is -0.319 e. The van der Waals surface area contributed by atoms with Crippen molar-refractivity contribution in [1.29, 1.82) is 0 Å². The number of imidazole rings is 1. The Morgan fingerprint density at radius 2 is 2.05 bits per heavy atom. The number of fused-ring (bicyclic) bond motifs is 1. The summed E-state index contributed by atoms with van der Waals surface area (Å²) < 4.78 is 1.79. The molecule has 1 aromatic carbocycles. The van der Waals surface area contributed by atoms with Crippen LogP contribution >= 0.6 is 23.2 Å². The zero-order chi connectivity index (χ0) is 15.0. The number of halogens is 2. The second kappa shape index (κ2) is 5.39. The second-order valence-corrected chi connectivity index (χ2v) is 5.52. The summed E-state index contributed by atoms with van der Waals surface area (Å²) in [5.41, 5.74) is 2.58. The Bertz CT molecular complexity index is 842. The van der Waals surface area contributed by atoms with E-state index in [0.717, 1.165) is 11.2 Å². The van der Waals surface area contributed by atoms with Crippen LogP contribution in [-0.2, 0) is 0 Å². The highest BCUT2D eigenvalue weighted by Gasteiger charge is 2.13. The number of nitrogens with zero attached hydrogens (tertiary/aromatic N) is 2. The molecule has 3 aromatic rings. The molecule has 0 atom stereocenters. The minimum atomic E-state index is -0.333. The molecule has 1 N–H and O–H groups in total. The number of aromatic nitrogens is 2. The fourth-order valence-electron chi connectivity index (χ4n) is 1.97. The second-order valence-electron chi connectivity index (χ2n) is 4.67. The molecule has 0 radical (unpaired) electrons. The number of anilines is 1. The lowest BCUT2D eigenvalue weighted by molar-refractivity contribution is 0.102. The van der Waals surface area contributed by atoms with Crippen LogP contribution < -0.4 is 5.32 Å². The van der Waals surface area contributed by atoms with Crippen molar-refractivity contribution in [2.75, 3.05) is 5.32 Å². The minimum absolute atomic E-state index is 0.316. The Hall–Kier alpha value is -2.04. The molecule has 0 aliphatic carbocycles. The average molecular weight is 320 g/mol. The van der Waals surface area contributed by atoms with Crippen molar-refractivity contribution in [3.8, 4) is 0 Å². The molecule has 6 heteroatoms. The van der Waals surface area contributed by atoms with Gasteiger partial charge in [0.15, 0.2) is 0 Å². The molecule has 0 bridgehead atoms. The van der Waals surface area contributed by atoms with Crippen LogP contribution in [0.1, 0.15) is 16.1 Å². The van der Waals surface area contributed by atoms with E-state index in [1.54, 1.807) is 28.8 Å². The van der Waals surface area contributed by atoms with E-state index in [9.17, 15) is 4.79 Å². The molecule has 0 saturated carbocycles. The van der Waals surface area contributed by atoms with E-state index in [4.69, 9.17) is 23.2 Å². The van der Waals surface area contributed by atoms with E-state index in [1.165, 1.54) is 0 Å². The Labute approximate surface area is 131 Å². The van der Waals surface area contributed by atoms with Gasteiger partial charge in [-0.25, -0.2) is 4.98 Å². The highest BCUT2D eigenvalue weighted by Crippen LogP contribution is 2.25. The standard InChI is InChI=1S/C15H11Cl2N3O/c1-9-4-5-20-8-13(18-14(20)6-9)15(21)19-12-7-10(16)2-3-11(12)17/h2-8H,1H3,(H,19,21). The van der Waals surface area contributed by atoms with Gasteiger partial charge in [-0.1, -0.05) is 23.2 Å². The number of benzene rings is 1. The maximum absolute atomic E-state index is 12.2. The lowest BCUT2D eigenvalue weighted by Crippen LogP contribution is -2.12. The molecule has 0 spiro atoms. The van der Waals surface area contributed by atoms with Crippen LogP contribution in [0.2, 0.25) is 10.0 Å². The van der Waals surface area contributed by atoms with Gasteiger partial charge in [0.05, 0.1) is 10.7 Å². The summed E-state index contributed by atoms with van der Waals surface area (Å²) in [5.74, 6) is -0.333. The fourth-order valence-corrected chi connectivity index (χ4v) is 2.31. The third-order valence-electron chi connectivity index (χ3n) is 3.02. The van der Waals surface area contributed by atoms with E-state index in [-0.39, 0.29) is 5.91 Å². The molecular formula is C15H11Cl2N3O. The molecule has 0 unspecified atom stereocenters. The predicted molar refractivity (Wildman–Crippen MR) is 84.3 cm³/mol. The highest BCUT2D eigenvalue weighted by atomic mass is 35.5. The van der Waals surface area contributed by atoms with Crippen LogP contribution in [0.15, 0.2) is 42.7 Å². The molecule has 1 amide bonds. The smallest absolute Gasteiger partial charge is 0.275 e. The van der Waals surface area contributed by atoms with Gasteiger partial charge >= 0.3 is 0 Å². The predicted octanol–water partition coefficient (Wildman–Crippen LogP) is 4.20. The van der Waals surface area contributed by atoms with Gasteiger partial charge < -0.3 is 9.72 Å². The van der Waals surface area contributed by atoms with Crippen molar-refractivity contribution in [2.45, 2.75) is 6.92 Å². The van der Waals surface area contributed by atoms with Gasteiger partial charge in [0, 0.05) is 17.4 Å². The lowest BCUT2D eigenvalue weighted by Gasteiger charge is -2.05. The number of hydrogen-bond acceptors (Lipinski definition) is 2. The maximum atomic E-state index is 12.2. The quantitative estimate of drug-likeness (QED) is 0.769. The van der Waals surface area contributed by atoms with E-state index in [1.807, 2.05) is 25.3 Å². The SMILES string of the molecule is Cc1ccn2cc(C(=O)Nc3cc(Cl)ccc3Cl)nc2c1. The summed E-state index contributed by atoms with van der Waals surface area (Å²) in [6, 6.07) is 8.74. The van der Waals surface area contributed by atoms with Gasteiger partial charge in [0.2, 0.25) is 0 Å². The monoisotopic (exact) mass is 319 g/mol. The van der Waals surface area contributed by atoms with Gasteiger partial charge in [-0.2, -0.15) is 0 Å². The summed E-state index contributed by atoms with van der Waals surface area (Å²) in [4.78, 5) is 16.5. The highest BCUT2D eigenvalue weighted by molar-refractivity contribution is 6.35. The first-order chi connectivity index (χ1) is 10.0. The summed E-state index contributed by atoms with van der Waals surface area (Å²) in [7, 11) is 0. The number of nitrogens with one attached hydrogen (secondary N) is 1. The van der Waals surface area contributed by atoms with Crippen molar-refractivity contribution in [3.63, 3.8) is 0 Å². The molecule has 0 aliphatic heterocycles. The first-order valence-electron chi connectivity index (χ1n) is 6.25. The van der Waals surface area contributed by atoms with Crippen LogP contribution in [0.3, 0.4) is 0 Å². The van der Waals surface area contributed by atoms with Gasteiger partial charge in [-0.15, -0.1) is 0 Å². The van der Waals surface area contributed by atoms with E-state index < -0.39 is 0 Å². The van der Waals surface area contributed by atoms with Crippen molar-refractivity contribution < 1.29 is 4.79 Å². The van der Waals surface area contributed by atoms with Crippen LogP contribution in [0.4, 0.5) is 5.69 Å². The van der Waals surface area contributed by atoms with Crippen LogP contribution in [0.25, 0.3) is 5.65 Å². The Morgan fingerprint density at radius 1 is 1.24 bits per heavy atom. The molecule has 2 aromatic heterocycles. The van der Waals surface area contributed by atoms with Gasteiger partial charge in [-0.05, 0) is 42.8 Å². The third-order valence-corrected chi connectivity index (χ3v) is 3.59. The normalized spacial score (nSPS) is 10.8. The summed E-state index contributed by atoms with van der Waals surface area (Å²) in [6.07, 6.45) is 3.53. The Kier molecular flexibility index (Phi) is 3.57. The number of aryl methyl sites for hydroxylation is 1. The lowest BCUT2D eigenvalue weighted by atomic mass is 10.3. The molecule has 21 heavy (non-hydrogen) atoms. The van der Waals surface area contributed by atoms with E-state index in [2.05, 4.69) is 10.3 Å². The first-order valence-corrected chi connectivity index (χ1v) is 7.00. The topological polar surface area (TPSA) is 46.4 Å².